The van der Waals surface area contributed by atoms with Crippen LogP contribution in [0.5, 0.6) is 0 Å². The molecule has 19 heavy (non-hydrogen) atoms. The van der Waals surface area contributed by atoms with Crippen molar-refractivity contribution < 1.29 is 0 Å². The Balaban J connectivity index is 2.06. The van der Waals surface area contributed by atoms with Crippen LogP contribution >= 0.6 is 11.6 Å². The third-order valence-electron chi connectivity index (χ3n) is 3.05. The van der Waals surface area contributed by atoms with E-state index in [0.29, 0.717) is 0 Å². The molecule has 2 aromatic carbocycles. The Morgan fingerprint density at radius 2 is 1.89 bits per heavy atom. The highest BCUT2D eigenvalue weighted by atomic mass is 35.5. The summed E-state index contributed by atoms with van der Waals surface area (Å²) >= 11 is 6.05. The Morgan fingerprint density at radius 1 is 1.11 bits per heavy atom. The van der Waals surface area contributed by atoms with Gasteiger partial charge < -0.3 is 5.32 Å². The Hall–Kier alpha value is -1.57. The van der Waals surface area contributed by atoms with E-state index in [2.05, 4.69) is 42.2 Å². The predicted octanol–water partition coefficient (Wildman–Crippen LogP) is 4.75. The molecule has 1 unspecified atom stereocenters. The van der Waals surface area contributed by atoms with Gasteiger partial charge in [0.2, 0.25) is 0 Å². The molecule has 1 nitrogen and oxygen atoms in total. The largest absolute Gasteiger partial charge is 0.306 e. The predicted molar refractivity (Wildman–Crippen MR) is 82.3 cm³/mol. The molecule has 2 rings (SSSR count). The van der Waals surface area contributed by atoms with Crippen LogP contribution < -0.4 is 5.32 Å². The molecule has 0 saturated carbocycles. The SMILES string of the molecule is C=CCC(NCc1ccccc1)c1cccc(Cl)c1. The Morgan fingerprint density at radius 3 is 2.58 bits per heavy atom. The van der Waals surface area contributed by atoms with Crippen LogP contribution in [0.1, 0.15) is 23.6 Å². The van der Waals surface area contributed by atoms with Gasteiger partial charge >= 0.3 is 0 Å². The number of nitrogens with one attached hydrogen (secondary N) is 1. The Bertz CT molecular complexity index is 522. The fourth-order valence-corrected chi connectivity index (χ4v) is 2.26. The lowest BCUT2D eigenvalue weighted by molar-refractivity contribution is 0.539. The average molecular weight is 272 g/mol. The van der Waals surface area contributed by atoms with Crippen molar-refractivity contribution in [1.82, 2.24) is 5.32 Å². The fourth-order valence-electron chi connectivity index (χ4n) is 2.06. The summed E-state index contributed by atoms with van der Waals surface area (Å²) in [6.45, 7) is 4.67. The number of benzene rings is 2. The molecule has 1 atom stereocenters. The van der Waals surface area contributed by atoms with Crippen molar-refractivity contribution in [3.63, 3.8) is 0 Å². The van der Waals surface area contributed by atoms with Crippen LogP contribution in [-0.2, 0) is 6.54 Å². The highest BCUT2D eigenvalue weighted by Crippen LogP contribution is 2.21. The molecule has 1 N–H and O–H groups in total. The van der Waals surface area contributed by atoms with Crippen LogP contribution in [0, 0.1) is 0 Å². The van der Waals surface area contributed by atoms with E-state index < -0.39 is 0 Å². The second-order valence-electron chi connectivity index (χ2n) is 4.50. The smallest absolute Gasteiger partial charge is 0.0409 e. The molecule has 0 radical (unpaired) electrons. The Labute approximate surface area is 119 Å². The summed E-state index contributed by atoms with van der Waals surface area (Å²) in [7, 11) is 0. The summed E-state index contributed by atoms with van der Waals surface area (Å²) in [5, 5.41) is 4.32. The minimum Gasteiger partial charge on any atom is -0.306 e. The van der Waals surface area contributed by atoms with Gasteiger partial charge in [-0.25, -0.2) is 0 Å². The van der Waals surface area contributed by atoms with Gasteiger partial charge in [-0.05, 0) is 29.7 Å². The van der Waals surface area contributed by atoms with Gasteiger partial charge in [-0.2, -0.15) is 0 Å². The molecule has 98 valence electrons. The maximum atomic E-state index is 6.05. The van der Waals surface area contributed by atoms with Crippen LogP contribution in [0.15, 0.2) is 67.3 Å². The molecule has 0 amide bonds. The third-order valence-corrected chi connectivity index (χ3v) is 3.28. The summed E-state index contributed by atoms with van der Waals surface area (Å²) in [5.41, 5.74) is 2.47. The number of hydrogen-bond acceptors (Lipinski definition) is 1. The molecule has 0 saturated heterocycles. The van der Waals surface area contributed by atoms with E-state index in [1.54, 1.807) is 0 Å². The molecule has 0 fully saturated rings. The lowest BCUT2D eigenvalue weighted by Gasteiger charge is -2.18. The van der Waals surface area contributed by atoms with Crippen LogP contribution in [0.4, 0.5) is 0 Å². The molecular formula is C17H18ClN. The maximum Gasteiger partial charge on any atom is 0.0409 e. The molecule has 0 heterocycles. The highest BCUT2D eigenvalue weighted by Gasteiger charge is 2.09. The standard InChI is InChI=1S/C17H18ClN/c1-2-7-17(15-10-6-11-16(18)12-15)19-13-14-8-4-3-5-9-14/h2-6,8-12,17,19H,1,7,13H2. The van der Waals surface area contributed by atoms with Crippen molar-refractivity contribution in [3.05, 3.63) is 83.4 Å². The lowest BCUT2D eigenvalue weighted by Crippen LogP contribution is -2.20. The summed E-state index contributed by atoms with van der Waals surface area (Å²) in [6.07, 6.45) is 2.82. The molecule has 0 bridgehead atoms. The first-order valence-corrected chi connectivity index (χ1v) is 6.81. The molecule has 2 heteroatoms. The van der Waals surface area contributed by atoms with Crippen LogP contribution in [0.25, 0.3) is 0 Å². The van der Waals surface area contributed by atoms with Gasteiger partial charge in [-0.3, -0.25) is 0 Å². The Kier molecular flexibility index (Phi) is 5.20. The second kappa shape index (κ2) is 7.13. The van der Waals surface area contributed by atoms with Gasteiger partial charge in [-0.1, -0.05) is 60.1 Å². The second-order valence-corrected chi connectivity index (χ2v) is 4.93. The summed E-state index contributed by atoms with van der Waals surface area (Å²) in [5.74, 6) is 0. The molecular weight excluding hydrogens is 254 g/mol. The summed E-state index contributed by atoms with van der Waals surface area (Å²) in [6, 6.07) is 18.6. The molecule has 0 spiro atoms. The average Bonchev–Trinajstić information content (AvgIpc) is 2.44. The van der Waals surface area contributed by atoms with Gasteiger partial charge in [0.05, 0.1) is 0 Å². The van der Waals surface area contributed by atoms with Gasteiger partial charge in [0.25, 0.3) is 0 Å². The zero-order chi connectivity index (χ0) is 13.5. The summed E-state index contributed by atoms with van der Waals surface area (Å²) in [4.78, 5) is 0. The minimum atomic E-state index is 0.247. The van der Waals surface area contributed by atoms with Crippen LogP contribution in [-0.4, -0.2) is 0 Å². The van der Waals surface area contributed by atoms with Crippen molar-refractivity contribution in [2.75, 3.05) is 0 Å². The van der Waals surface area contributed by atoms with E-state index in [1.165, 1.54) is 11.1 Å². The molecule has 0 aliphatic carbocycles. The highest BCUT2D eigenvalue weighted by molar-refractivity contribution is 6.30. The normalized spacial score (nSPS) is 12.1. The van der Waals surface area contributed by atoms with Gasteiger partial charge in [0.1, 0.15) is 0 Å². The molecule has 0 aromatic heterocycles. The van der Waals surface area contributed by atoms with E-state index in [1.807, 2.05) is 30.3 Å². The number of hydrogen-bond donors (Lipinski definition) is 1. The lowest BCUT2D eigenvalue weighted by atomic mass is 10.0. The van der Waals surface area contributed by atoms with Crippen molar-refractivity contribution in [1.29, 1.82) is 0 Å². The van der Waals surface area contributed by atoms with Gasteiger partial charge in [-0.15, -0.1) is 6.58 Å². The first-order chi connectivity index (χ1) is 9.29. The first-order valence-electron chi connectivity index (χ1n) is 6.43. The van der Waals surface area contributed by atoms with Crippen molar-refractivity contribution in [3.8, 4) is 0 Å². The van der Waals surface area contributed by atoms with Gasteiger partial charge in [0.15, 0.2) is 0 Å². The third kappa shape index (κ3) is 4.23. The molecule has 0 aliphatic rings. The van der Waals surface area contributed by atoms with E-state index >= 15 is 0 Å². The van der Waals surface area contributed by atoms with Crippen LogP contribution in [0.2, 0.25) is 5.02 Å². The quantitative estimate of drug-likeness (QED) is 0.748. The zero-order valence-corrected chi connectivity index (χ0v) is 11.6. The molecule has 2 aromatic rings. The van der Waals surface area contributed by atoms with Crippen LogP contribution in [0.3, 0.4) is 0 Å². The van der Waals surface area contributed by atoms with Gasteiger partial charge in [0, 0.05) is 17.6 Å². The number of rotatable bonds is 6. The van der Waals surface area contributed by atoms with E-state index in [0.717, 1.165) is 18.0 Å². The summed E-state index contributed by atoms with van der Waals surface area (Å²) < 4.78 is 0. The zero-order valence-electron chi connectivity index (χ0n) is 10.9. The van der Waals surface area contributed by atoms with Crippen molar-refractivity contribution >= 4 is 11.6 Å². The van der Waals surface area contributed by atoms with E-state index in [-0.39, 0.29) is 6.04 Å². The van der Waals surface area contributed by atoms with Crippen molar-refractivity contribution in [2.24, 2.45) is 0 Å². The molecule has 0 aliphatic heterocycles. The maximum absolute atomic E-state index is 6.05. The fraction of sp³-hybridized carbons (Fsp3) is 0.176. The monoisotopic (exact) mass is 271 g/mol. The minimum absolute atomic E-state index is 0.247. The topological polar surface area (TPSA) is 12.0 Å². The first kappa shape index (κ1) is 13.9. The van der Waals surface area contributed by atoms with Crippen molar-refractivity contribution in [2.45, 2.75) is 19.0 Å². The van der Waals surface area contributed by atoms with E-state index in [9.17, 15) is 0 Å². The number of halogens is 1. The van der Waals surface area contributed by atoms with E-state index in [4.69, 9.17) is 11.6 Å².